The summed E-state index contributed by atoms with van der Waals surface area (Å²) < 4.78 is 31.4. The van der Waals surface area contributed by atoms with Crippen molar-refractivity contribution in [3.8, 4) is 11.3 Å². The first-order chi connectivity index (χ1) is 11.4. The van der Waals surface area contributed by atoms with Crippen LogP contribution in [0.2, 0.25) is 0 Å². The van der Waals surface area contributed by atoms with Gasteiger partial charge in [-0.3, -0.25) is 14.1 Å². The standard InChI is InChI=1S/C18H17F2N3O/c1-18(6-7-18)10-23-14-4-3-12(13-9-11(19)5-8-21-13)15(20)16(14)22(2)17(23)24/h3-5,8-9H,6-7,10H2,1-2H3. The summed E-state index contributed by atoms with van der Waals surface area (Å²) in [6, 6.07) is 5.67. The van der Waals surface area contributed by atoms with E-state index in [1.807, 2.05) is 0 Å². The molecule has 0 atom stereocenters. The number of halogens is 2. The van der Waals surface area contributed by atoms with E-state index in [1.165, 1.54) is 22.9 Å². The van der Waals surface area contributed by atoms with E-state index in [0.29, 0.717) is 12.1 Å². The Morgan fingerprint density at radius 3 is 2.67 bits per heavy atom. The van der Waals surface area contributed by atoms with Gasteiger partial charge in [0.1, 0.15) is 11.3 Å². The zero-order valence-electron chi connectivity index (χ0n) is 13.5. The van der Waals surface area contributed by atoms with Gasteiger partial charge >= 0.3 is 5.69 Å². The van der Waals surface area contributed by atoms with Crippen molar-refractivity contribution < 1.29 is 8.78 Å². The Morgan fingerprint density at radius 1 is 1.25 bits per heavy atom. The molecular formula is C18H17F2N3O. The molecule has 4 nitrogen and oxygen atoms in total. The Morgan fingerprint density at radius 2 is 2.00 bits per heavy atom. The summed E-state index contributed by atoms with van der Waals surface area (Å²) in [5.74, 6) is -1.03. The molecule has 0 radical (unpaired) electrons. The van der Waals surface area contributed by atoms with Crippen LogP contribution in [0.3, 0.4) is 0 Å². The largest absolute Gasteiger partial charge is 0.328 e. The lowest BCUT2D eigenvalue weighted by molar-refractivity contribution is 0.460. The highest BCUT2D eigenvalue weighted by molar-refractivity contribution is 5.83. The zero-order chi connectivity index (χ0) is 17.1. The molecule has 0 saturated heterocycles. The SMILES string of the molecule is Cn1c(=O)n(CC2(C)CC2)c2ccc(-c3cc(F)ccn3)c(F)c21. The van der Waals surface area contributed by atoms with E-state index in [0.717, 1.165) is 12.8 Å². The topological polar surface area (TPSA) is 39.8 Å². The Bertz CT molecular complexity index is 1020. The maximum Gasteiger partial charge on any atom is 0.328 e. The van der Waals surface area contributed by atoms with E-state index < -0.39 is 11.6 Å². The molecule has 1 aromatic carbocycles. The predicted octanol–water partition coefficient (Wildman–Crippen LogP) is 3.48. The average molecular weight is 329 g/mol. The van der Waals surface area contributed by atoms with Gasteiger partial charge in [-0.05, 0) is 36.5 Å². The van der Waals surface area contributed by atoms with Gasteiger partial charge in [0.15, 0.2) is 5.82 Å². The van der Waals surface area contributed by atoms with Crippen LogP contribution in [0.15, 0.2) is 35.3 Å². The number of fused-ring (bicyclic) bond motifs is 1. The molecule has 6 heteroatoms. The molecule has 3 aromatic rings. The second kappa shape index (κ2) is 5.00. The molecule has 4 rings (SSSR count). The van der Waals surface area contributed by atoms with Gasteiger partial charge in [0.25, 0.3) is 0 Å². The summed E-state index contributed by atoms with van der Waals surface area (Å²) in [5, 5.41) is 0. The minimum Gasteiger partial charge on any atom is -0.292 e. The van der Waals surface area contributed by atoms with Crippen molar-refractivity contribution in [1.82, 2.24) is 14.1 Å². The Balaban J connectivity index is 1.94. The third-order valence-corrected chi connectivity index (χ3v) is 4.88. The quantitative estimate of drug-likeness (QED) is 0.738. The maximum absolute atomic E-state index is 15.1. The lowest BCUT2D eigenvalue weighted by Crippen LogP contribution is -2.25. The van der Waals surface area contributed by atoms with Crippen LogP contribution in [0, 0.1) is 17.0 Å². The second-order valence-corrected chi connectivity index (χ2v) is 6.89. The van der Waals surface area contributed by atoms with Crippen molar-refractivity contribution >= 4 is 11.0 Å². The lowest BCUT2D eigenvalue weighted by atomic mass is 10.1. The Kier molecular flexibility index (Phi) is 3.13. The van der Waals surface area contributed by atoms with Crippen molar-refractivity contribution in [3.63, 3.8) is 0 Å². The van der Waals surface area contributed by atoms with Crippen molar-refractivity contribution in [2.24, 2.45) is 12.5 Å². The first-order valence-electron chi connectivity index (χ1n) is 7.89. The van der Waals surface area contributed by atoms with E-state index in [2.05, 4.69) is 11.9 Å². The molecule has 124 valence electrons. The zero-order valence-corrected chi connectivity index (χ0v) is 13.5. The van der Waals surface area contributed by atoms with Crippen LogP contribution in [-0.4, -0.2) is 14.1 Å². The van der Waals surface area contributed by atoms with Gasteiger partial charge in [0.2, 0.25) is 0 Å². The lowest BCUT2D eigenvalue weighted by Gasteiger charge is -2.10. The smallest absolute Gasteiger partial charge is 0.292 e. The summed E-state index contributed by atoms with van der Waals surface area (Å²) in [6.45, 7) is 2.71. The molecule has 0 amide bonds. The number of imidazole rings is 1. The number of hydrogen-bond donors (Lipinski definition) is 0. The van der Waals surface area contributed by atoms with Crippen molar-refractivity contribution in [1.29, 1.82) is 0 Å². The monoisotopic (exact) mass is 329 g/mol. The summed E-state index contributed by atoms with van der Waals surface area (Å²) in [4.78, 5) is 16.6. The number of rotatable bonds is 3. The van der Waals surface area contributed by atoms with Crippen LogP contribution in [0.4, 0.5) is 8.78 Å². The molecule has 0 bridgehead atoms. The molecule has 24 heavy (non-hydrogen) atoms. The van der Waals surface area contributed by atoms with Crippen LogP contribution in [0.5, 0.6) is 0 Å². The summed E-state index contributed by atoms with van der Waals surface area (Å²) in [5.41, 5.74) is 1.08. The minimum absolute atomic E-state index is 0.122. The fourth-order valence-electron chi connectivity index (χ4n) is 3.13. The van der Waals surface area contributed by atoms with Crippen LogP contribution in [-0.2, 0) is 13.6 Å². The van der Waals surface area contributed by atoms with Crippen molar-refractivity contribution in [3.05, 3.63) is 52.6 Å². The molecule has 2 heterocycles. The number of aryl methyl sites for hydroxylation is 1. The first-order valence-corrected chi connectivity index (χ1v) is 7.89. The molecule has 1 saturated carbocycles. The highest BCUT2D eigenvalue weighted by Crippen LogP contribution is 2.46. The van der Waals surface area contributed by atoms with E-state index in [9.17, 15) is 9.18 Å². The van der Waals surface area contributed by atoms with E-state index >= 15 is 4.39 Å². The molecule has 1 fully saturated rings. The van der Waals surface area contributed by atoms with Gasteiger partial charge in [0.05, 0.1) is 11.2 Å². The highest BCUT2D eigenvalue weighted by Gasteiger charge is 2.38. The van der Waals surface area contributed by atoms with E-state index in [-0.39, 0.29) is 27.9 Å². The summed E-state index contributed by atoms with van der Waals surface area (Å²) >= 11 is 0. The van der Waals surface area contributed by atoms with Gasteiger partial charge in [-0.15, -0.1) is 0 Å². The van der Waals surface area contributed by atoms with E-state index in [1.54, 1.807) is 23.7 Å². The minimum atomic E-state index is -0.551. The van der Waals surface area contributed by atoms with Gasteiger partial charge in [-0.25, -0.2) is 13.6 Å². The number of pyridine rings is 1. The van der Waals surface area contributed by atoms with Gasteiger partial charge < -0.3 is 0 Å². The fourth-order valence-corrected chi connectivity index (χ4v) is 3.13. The summed E-state index contributed by atoms with van der Waals surface area (Å²) in [7, 11) is 1.56. The number of hydrogen-bond acceptors (Lipinski definition) is 2. The van der Waals surface area contributed by atoms with Crippen molar-refractivity contribution in [2.75, 3.05) is 0 Å². The fraction of sp³-hybridized carbons (Fsp3) is 0.333. The van der Waals surface area contributed by atoms with Crippen LogP contribution < -0.4 is 5.69 Å². The number of nitrogens with zero attached hydrogens (tertiary/aromatic N) is 3. The molecule has 0 N–H and O–H groups in total. The van der Waals surface area contributed by atoms with Gasteiger partial charge in [-0.2, -0.15) is 0 Å². The molecule has 1 aliphatic carbocycles. The molecular weight excluding hydrogens is 312 g/mol. The predicted molar refractivity (Wildman–Crippen MR) is 87.7 cm³/mol. The normalized spacial score (nSPS) is 15.8. The molecule has 0 aliphatic heterocycles. The first kappa shape index (κ1) is 15.1. The third-order valence-electron chi connectivity index (χ3n) is 4.88. The molecule has 0 unspecified atom stereocenters. The molecule has 0 spiro atoms. The molecule has 2 aromatic heterocycles. The van der Waals surface area contributed by atoms with Crippen molar-refractivity contribution in [2.45, 2.75) is 26.3 Å². The Labute approximate surface area is 137 Å². The van der Waals surface area contributed by atoms with Gasteiger partial charge in [0, 0.05) is 31.4 Å². The van der Waals surface area contributed by atoms with E-state index in [4.69, 9.17) is 0 Å². The average Bonchev–Trinajstić information content (AvgIpc) is 3.23. The second-order valence-electron chi connectivity index (χ2n) is 6.89. The molecule has 1 aliphatic rings. The third kappa shape index (κ3) is 2.25. The van der Waals surface area contributed by atoms with Crippen LogP contribution >= 0.6 is 0 Å². The van der Waals surface area contributed by atoms with Gasteiger partial charge in [-0.1, -0.05) is 6.92 Å². The number of benzene rings is 1. The maximum atomic E-state index is 15.1. The number of aromatic nitrogens is 3. The van der Waals surface area contributed by atoms with Crippen LogP contribution in [0.1, 0.15) is 19.8 Å². The summed E-state index contributed by atoms with van der Waals surface area (Å²) in [6.07, 6.45) is 3.44. The highest BCUT2D eigenvalue weighted by atomic mass is 19.1. The Hall–Kier alpha value is -2.50. The van der Waals surface area contributed by atoms with Crippen LogP contribution in [0.25, 0.3) is 22.3 Å².